The van der Waals surface area contributed by atoms with E-state index in [1.54, 1.807) is 0 Å². The molecule has 9 heteroatoms. The van der Waals surface area contributed by atoms with Crippen LogP contribution in [-0.4, -0.2) is 28.7 Å². The van der Waals surface area contributed by atoms with E-state index in [1.807, 2.05) is 0 Å². The molecular formula is C13H8Cl4N2O3. The number of imide groups is 1. The molecule has 5 nitrogen and oxygen atoms in total. The van der Waals surface area contributed by atoms with Gasteiger partial charge in [0.1, 0.15) is 11.5 Å². The maximum atomic E-state index is 12.6. The van der Waals surface area contributed by atoms with Crippen LogP contribution in [0.25, 0.3) is 0 Å². The number of alkyl halides is 1. The molecule has 116 valence electrons. The van der Waals surface area contributed by atoms with Gasteiger partial charge in [-0.3, -0.25) is 19.7 Å². The van der Waals surface area contributed by atoms with Crippen LogP contribution < -0.4 is 5.32 Å². The molecule has 2 unspecified atom stereocenters. The molecule has 1 aromatic rings. The van der Waals surface area contributed by atoms with Crippen LogP contribution in [0.4, 0.5) is 0 Å². The summed E-state index contributed by atoms with van der Waals surface area (Å²) in [7, 11) is 0. The first-order chi connectivity index (χ1) is 10.3. The second kappa shape index (κ2) is 5.57. The fourth-order valence-corrected chi connectivity index (χ4v) is 3.87. The van der Waals surface area contributed by atoms with Crippen LogP contribution in [0.1, 0.15) is 34.3 Å². The van der Waals surface area contributed by atoms with E-state index < -0.39 is 23.4 Å². The number of halogens is 4. The molecule has 0 aromatic heterocycles. The lowest BCUT2D eigenvalue weighted by Gasteiger charge is -2.31. The Morgan fingerprint density at radius 1 is 1.14 bits per heavy atom. The second-order valence-electron chi connectivity index (χ2n) is 4.96. The number of carbonyl (C=O) groups is 3. The summed E-state index contributed by atoms with van der Waals surface area (Å²) in [6, 6.07) is 0.544. The summed E-state index contributed by atoms with van der Waals surface area (Å²) in [6.45, 7) is 0. The Morgan fingerprint density at radius 2 is 1.82 bits per heavy atom. The Balaban J connectivity index is 2.04. The summed E-state index contributed by atoms with van der Waals surface area (Å²) >= 11 is 24.4. The van der Waals surface area contributed by atoms with Gasteiger partial charge in [0, 0.05) is 17.5 Å². The van der Waals surface area contributed by atoms with Crippen molar-refractivity contribution in [2.24, 2.45) is 0 Å². The summed E-state index contributed by atoms with van der Waals surface area (Å²) in [6.07, 6.45) is 0.335. The third kappa shape index (κ3) is 2.27. The van der Waals surface area contributed by atoms with Gasteiger partial charge in [-0.15, -0.1) is 0 Å². The number of benzene rings is 1. The molecular weight excluding hydrogens is 374 g/mol. The number of piperidine rings is 1. The highest BCUT2D eigenvalue weighted by atomic mass is 35.5. The fourth-order valence-electron chi connectivity index (χ4n) is 2.65. The van der Waals surface area contributed by atoms with Crippen molar-refractivity contribution in [3.63, 3.8) is 0 Å². The number of nitrogens with zero attached hydrogens (tertiary/aromatic N) is 1. The van der Waals surface area contributed by atoms with Gasteiger partial charge in [0.15, 0.2) is 0 Å². The zero-order chi connectivity index (χ0) is 16.2. The zero-order valence-corrected chi connectivity index (χ0v) is 13.9. The van der Waals surface area contributed by atoms with Crippen LogP contribution in [0, 0.1) is 0 Å². The lowest BCUT2D eigenvalue weighted by Crippen LogP contribution is -2.53. The Morgan fingerprint density at radius 3 is 2.45 bits per heavy atom. The summed E-state index contributed by atoms with van der Waals surface area (Å²) in [4.78, 5) is 37.0. The average Bonchev–Trinajstić information content (AvgIpc) is 2.69. The van der Waals surface area contributed by atoms with Crippen molar-refractivity contribution in [1.82, 2.24) is 10.2 Å². The quantitative estimate of drug-likeness (QED) is 0.351. The number of hydrogen-bond donors (Lipinski definition) is 1. The standard InChI is InChI=1S/C13H8Cl4N2O3/c14-5-3-4-8(10(16)9(5)15)11(17)19(13(4)22)6-1-2-7(20)18-12(6)21/h3,6,11H,1-2H2,(H,18,20,21). The zero-order valence-electron chi connectivity index (χ0n) is 10.8. The first kappa shape index (κ1) is 15.9. The highest BCUT2D eigenvalue weighted by Crippen LogP contribution is 2.47. The molecule has 2 aliphatic heterocycles. The molecule has 22 heavy (non-hydrogen) atoms. The minimum absolute atomic E-state index is 0.0901. The van der Waals surface area contributed by atoms with E-state index in [1.165, 1.54) is 11.0 Å². The third-order valence-corrected chi connectivity index (χ3v) is 5.40. The largest absolute Gasteiger partial charge is 0.306 e. The average molecular weight is 382 g/mol. The van der Waals surface area contributed by atoms with Gasteiger partial charge in [-0.25, -0.2) is 0 Å². The van der Waals surface area contributed by atoms with Gasteiger partial charge in [-0.1, -0.05) is 46.4 Å². The molecule has 0 spiro atoms. The molecule has 3 rings (SSSR count). The molecule has 3 amide bonds. The molecule has 1 saturated heterocycles. The Kier molecular flexibility index (Phi) is 4.01. The fraction of sp³-hybridized carbons (Fsp3) is 0.308. The molecule has 0 radical (unpaired) electrons. The minimum Gasteiger partial charge on any atom is -0.306 e. The highest BCUT2D eigenvalue weighted by molar-refractivity contribution is 6.49. The van der Waals surface area contributed by atoms with Crippen molar-refractivity contribution in [3.05, 3.63) is 32.3 Å². The van der Waals surface area contributed by atoms with Gasteiger partial charge in [-0.2, -0.15) is 0 Å². The smallest absolute Gasteiger partial charge is 0.256 e. The maximum Gasteiger partial charge on any atom is 0.256 e. The van der Waals surface area contributed by atoms with Crippen LogP contribution in [0.2, 0.25) is 15.1 Å². The van der Waals surface area contributed by atoms with Gasteiger partial charge < -0.3 is 4.90 Å². The summed E-state index contributed by atoms with van der Waals surface area (Å²) < 4.78 is 0. The monoisotopic (exact) mass is 380 g/mol. The summed E-state index contributed by atoms with van der Waals surface area (Å²) in [5.74, 6) is -1.40. The highest BCUT2D eigenvalue weighted by Gasteiger charge is 2.45. The molecule has 2 aliphatic rings. The first-order valence-electron chi connectivity index (χ1n) is 6.30. The first-order valence-corrected chi connectivity index (χ1v) is 7.87. The van der Waals surface area contributed by atoms with Crippen LogP contribution >= 0.6 is 46.4 Å². The van der Waals surface area contributed by atoms with E-state index in [4.69, 9.17) is 46.4 Å². The summed E-state index contributed by atoms with van der Waals surface area (Å²) in [5, 5.41) is 2.52. The van der Waals surface area contributed by atoms with Crippen molar-refractivity contribution in [3.8, 4) is 0 Å². The second-order valence-corrected chi connectivity index (χ2v) is 6.54. The maximum absolute atomic E-state index is 12.6. The van der Waals surface area contributed by atoms with Crippen molar-refractivity contribution in [2.75, 3.05) is 0 Å². The molecule has 1 aromatic carbocycles. The molecule has 0 bridgehead atoms. The number of fused-ring (bicyclic) bond motifs is 1. The van der Waals surface area contributed by atoms with Gasteiger partial charge in [0.2, 0.25) is 11.8 Å². The third-order valence-electron chi connectivity index (χ3n) is 3.69. The minimum atomic E-state index is -0.950. The van der Waals surface area contributed by atoms with Crippen LogP contribution in [0.5, 0.6) is 0 Å². The van der Waals surface area contributed by atoms with E-state index >= 15 is 0 Å². The number of rotatable bonds is 1. The van der Waals surface area contributed by atoms with Gasteiger partial charge in [-0.05, 0) is 12.5 Å². The van der Waals surface area contributed by atoms with Crippen molar-refractivity contribution < 1.29 is 14.4 Å². The summed E-state index contributed by atoms with van der Waals surface area (Å²) in [5.41, 5.74) is -0.412. The lowest BCUT2D eigenvalue weighted by molar-refractivity contribution is -0.137. The van der Waals surface area contributed by atoms with Crippen LogP contribution in [-0.2, 0) is 9.59 Å². The van der Waals surface area contributed by atoms with Gasteiger partial charge in [0.25, 0.3) is 5.91 Å². The van der Waals surface area contributed by atoms with E-state index in [2.05, 4.69) is 5.32 Å². The van der Waals surface area contributed by atoms with Crippen LogP contribution in [0.15, 0.2) is 6.07 Å². The Bertz CT molecular complexity index is 722. The van der Waals surface area contributed by atoms with Crippen molar-refractivity contribution in [1.29, 1.82) is 0 Å². The Hall–Kier alpha value is -1.01. The van der Waals surface area contributed by atoms with Gasteiger partial charge in [0.05, 0.1) is 15.1 Å². The molecule has 2 atom stereocenters. The van der Waals surface area contributed by atoms with Gasteiger partial charge >= 0.3 is 0 Å². The lowest BCUT2D eigenvalue weighted by atomic mass is 10.0. The van der Waals surface area contributed by atoms with E-state index in [-0.39, 0.29) is 39.4 Å². The molecule has 0 saturated carbocycles. The SMILES string of the molecule is O=C1CCC(N2C(=O)c3cc(Cl)c(Cl)c(Cl)c3C2Cl)C(=O)N1. The number of amides is 3. The van der Waals surface area contributed by atoms with Crippen molar-refractivity contribution >= 4 is 64.1 Å². The topological polar surface area (TPSA) is 66.5 Å². The molecule has 2 heterocycles. The van der Waals surface area contributed by atoms with E-state index in [0.29, 0.717) is 5.56 Å². The van der Waals surface area contributed by atoms with Crippen LogP contribution in [0.3, 0.4) is 0 Å². The normalized spacial score (nSPS) is 24.5. The van der Waals surface area contributed by atoms with E-state index in [0.717, 1.165) is 0 Å². The molecule has 1 N–H and O–H groups in total. The predicted octanol–water partition coefficient (Wildman–Crippen LogP) is 3.15. The number of nitrogens with one attached hydrogen (secondary N) is 1. The van der Waals surface area contributed by atoms with E-state index in [9.17, 15) is 14.4 Å². The Labute approximate surface area is 145 Å². The molecule has 0 aliphatic carbocycles. The number of hydrogen-bond acceptors (Lipinski definition) is 3. The predicted molar refractivity (Wildman–Crippen MR) is 82.4 cm³/mol. The van der Waals surface area contributed by atoms with Crippen molar-refractivity contribution in [2.45, 2.75) is 24.4 Å². The molecule has 1 fully saturated rings. The number of carbonyl (C=O) groups excluding carboxylic acids is 3.